The van der Waals surface area contributed by atoms with E-state index in [1.807, 2.05) is 0 Å². The molecule has 21 heavy (non-hydrogen) atoms. The fourth-order valence-electron chi connectivity index (χ4n) is 3.34. The monoisotopic (exact) mass is 310 g/mol. The van der Waals surface area contributed by atoms with Gasteiger partial charge in [-0.15, -0.1) is 0 Å². The lowest BCUT2D eigenvalue weighted by molar-refractivity contribution is -0.385. The molecule has 0 spiro atoms. The molecule has 0 bridgehead atoms. The Kier molecular flexibility index (Phi) is 6.00. The zero-order valence-corrected chi connectivity index (χ0v) is 13.2. The molecule has 0 aliphatic heterocycles. The Balaban J connectivity index is 2.21. The summed E-state index contributed by atoms with van der Waals surface area (Å²) >= 11 is 6.03. The smallest absolute Gasteiger partial charge is 0.272 e. The Morgan fingerprint density at radius 2 is 2.10 bits per heavy atom. The zero-order valence-electron chi connectivity index (χ0n) is 12.5. The first kappa shape index (κ1) is 16.2. The number of nitrogens with one attached hydrogen (secondary N) is 1. The second-order valence-electron chi connectivity index (χ2n) is 5.80. The van der Waals surface area contributed by atoms with Crippen molar-refractivity contribution in [2.45, 2.75) is 51.5 Å². The van der Waals surface area contributed by atoms with E-state index in [-0.39, 0.29) is 10.6 Å². The van der Waals surface area contributed by atoms with Gasteiger partial charge in [-0.3, -0.25) is 10.1 Å². The lowest BCUT2D eigenvalue weighted by Crippen LogP contribution is -2.36. The quantitative estimate of drug-likeness (QED) is 0.500. The van der Waals surface area contributed by atoms with Crippen LogP contribution in [0.4, 0.5) is 5.69 Å². The van der Waals surface area contributed by atoms with Crippen LogP contribution in [0.2, 0.25) is 5.02 Å². The van der Waals surface area contributed by atoms with Crippen molar-refractivity contribution in [2.75, 3.05) is 6.54 Å². The van der Waals surface area contributed by atoms with E-state index in [0.29, 0.717) is 17.0 Å². The molecule has 116 valence electrons. The van der Waals surface area contributed by atoms with Gasteiger partial charge in [-0.05, 0) is 43.9 Å². The maximum atomic E-state index is 11.2. The molecule has 1 saturated carbocycles. The third kappa shape index (κ3) is 4.42. The molecule has 5 heteroatoms. The number of benzene rings is 1. The van der Waals surface area contributed by atoms with E-state index >= 15 is 0 Å². The van der Waals surface area contributed by atoms with Crippen molar-refractivity contribution in [3.8, 4) is 0 Å². The molecule has 0 saturated heterocycles. The van der Waals surface area contributed by atoms with Crippen LogP contribution in [0.25, 0.3) is 0 Å². The number of nitrogens with zero attached hydrogens (tertiary/aromatic N) is 1. The van der Waals surface area contributed by atoms with E-state index in [1.165, 1.54) is 25.3 Å². The van der Waals surface area contributed by atoms with Crippen molar-refractivity contribution in [2.24, 2.45) is 5.92 Å². The average Bonchev–Trinajstić information content (AvgIpc) is 2.65. The maximum Gasteiger partial charge on any atom is 0.272 e. The van der Waals surface area contributed by atoms with Crippen LogP contribution in [0, 0.1) is 16.0 Å². The summed E-state index contributed by atoms with van der Waals surface area (Å²) in [6, 6.07) is 5.33. The molecule has 1 aromatic rings. The number of nitro benzene ring substituents is 1. The van der Waals surface area contributed by atoms with Gasteiger partial charge in [0.1, 0.15) is 0 Å². The molecule has 1 aromatic carbocycles. The highest BCUT2D eigenvalue weighted by molar-refractivity contribution is 6.30. The fourth-order valence-corrected chi connectivity index (χ4v) is 3.53. The number of rotatable bonds is 5. The minimum absolute atomic E-state index is 0.193. The van der Waals surface area contributed by atoms with Crippen molar-refractivity contribution >= 4 is 17.3 Å². The van der Waals surface area contributed by atoms with Gasteiger partial charge in [0.05, 0.1) is 4.92 Å². The minimum Gasteiger partial charge on any atom is -0.314 e. The Hall–Kier alpha value is -1.13. The van der Waals surface area contributed by atoms with Gasteiger partial charge < -0.3 is 5.32 Å². The summed E-state index contributed by atoms with van der Waals surface area (Å²) in [6.45, 7) is 3.06. The molecule has 1 aliphatic carbocycles. The van der Waals surface area contributed by atoms with E-state index in [2.05, 4.69) is 12.2 Å². The van der Waals surface area contributed by atoms with Gasteiger partial charge in [0, 0.05) is 22.7 Å². The zero-order chi connectivity index (χ0) is 15.2. The fraction of sp³-hybridized carbons (Fsp3) is 0.625. The first-order valence-electron chi connectivity index (χ1n) is 7.78. The van der Waals surface area contributed by atoms with Gasteiger partial charge in [-0.2, -0.15) is 0 Å². The summed E-state index contributed by atoms with van der Waals surface area (Å²) < 4.78 is 0. The minimum atomic E-state index is -0.301. The molecule has 0 aromatic heterocycles. The van der Waals surface area contributed by atoms with Crippen LogP contribution in [0.5, 0.6) is 0 Å². The van der Waals surface area contributed by atoms with Gasteiger partial charge in [-0.1, -0.05) is 37.8 Å². The lowest BCUT2D eigenvalue weighted by Gasteiger charge is -2.26. The van der Waals surface area contributed by atoms with Crippen LogP contribution >= 0.6 is 11.6 Å². The van der Waals surface area contributed by atoms with Gasteiger partial charge in [0.15, 0.2) is 0 Å². The highest BCUT2D eigenvalue weighted by Crippen LogP contribution is 2.31. The normalized spacial score (nSPS) is 22.8. The standard InChI is InChI=1S/C16H23ClN2O2/c1-2-18-15-7-5-3-4-6-12(15)10-13-11-14(17)8-9-16(13)19(20)21/h8-9,11-12,15,18H,2-7,10H2,1H3. The number of hydrogen-bond acceptors (Lipinski definition) is 3. The second-order valence-corrected chi connectivity index (χ2v) is 6.23. The molecule has 0 radical (unpaired) electrons. The molecule has 1 N–H and O–H groups in total. The molecule has 1 aliphatic rings. The Morgan fingerprint density at radius 1 is 1.33 bits per heavy atom. The van der Waals surface area contributed by atoms with Gasteiger partial charge >= 0.3 is 0 Å². The van der Waals surface area contributed by atoms with E-state index in [9.17, 15) is 10.1 Å². The molecular weight excluding hydrogens is 288 g/mol. The van der Waals surface area contributed by atoms with Crippen LogP contribution in [0.3, 0.4) is 0 Å². The van der Waals surface area contributed by atoms with Crippen molar-refractivity contribution in [1.82, 2.24) is 5.32 Å². The number of hydrogen-bond donors (Lipinski definition) is 1. The topological polar surface area (TPSA) is 55.2 Å². The lowest BCUT2D eigenvalue weighted by atomic mass is 9.87. The van der Waals surface area contributed by atoms with Crippen LogP contribution in [-0.2, 0) is 6.42 Å². The van der Waals surface area contributed by atoms with E-state index in [4.69, 9.17) is 11.6 Å². The van der Waals surface area contributed by atoms with Crippen LogP contribution < -0.4 is 5.32 Å². The van der Waals surface area contributed by atoms with Crippen LogP contribution in [-0.4, -0.2) is 17.5 Å². The molecule has 0 heterocycles. The van der Waals surface area contributed by atoms with E-state index < -0.39 is 0 Å². The first-order chi connectivity index (χ1) is 10.1. The van der Waals surface area contributed by atoms with Crippen LogP contribution in [0.15, 0.2) is 18.2 Å². The summed E-state index contributed by atoms with van der Waals surface area (Å²) in [7, 11) is 0. The Morgan fingerprint density at radius 3 is 2.81 bits per heavy atom. The largest absolute Gasteiger partial charge is 0.314 e. The molecule has 1 fully saturated rings. The molecule has 2 atom stereocenters. The Labute approximate surface area is 131 Å². The molecule has 0 amide bonds. The maximum absolute atomic E-state index is 11.2. The van der Waals surface area contributed by atoms with Crippen molar-refractivity contribution in [1.29, 1.82) is 0 Å². The average molecular weight is 311 g/mol. The highest BCUT2D eigenvalue weighted by Gasteiger charge is 2.26. The summed E-state index contributed by atoms with van der Waals surface area (Å²) in [4.78, 5) is 10.9. The molecular formula is C16H23ClN2O2. The van der Waals surface area contributed by atoms with Crippen molar-refractivity contribution in [3.63, 3.8) is 0 Å². The van der Waals surface area contributed by atoms with E-state index in [1.54, 1.807) is 12.1 Å². The van der Waals surface area contributed by atoms with Gasteiger partial charge in [0.2, 0.25) is 0 Å². The number of halogens is 1. The number of nitro groups is 1. The summed E-state index contributed by atoms with van der Waals surface area (Å²) in [6.07, 6.45) is 6.73. The molecule has 2 unspecified atom stereocenters. The van der Waals surface area contributed by atoms with Crippen LogP contribution in [0.1, 0.15) is 44.6 Å². The SMILES string of the molecule is CCNC1CCCCCC1Cc1cc(Cl)ccc1[N+](=O)[O-]. The molecule has 2 rings (SSSR count). The highest BCUT2D eigenvalue weighted by atomic mass is 35.5. The summed E-state index contributed by atoms with van der Waals surface area (Å²) in [5.41, 5.74) is 0.959. The first-order valence-corrected chi connectivity index (χ1v) is 8.15. The third-order valence-corrected chi connectivity index (χ3v) is 4.58. The van der Waals surface area contributed by atoms with Gasteiger partial charge in [0.25, 0.3) is 5.69 Å². The second kappa shape index (κ2) is 7.76. The Bertz CT molecular complexity index is 493. The van der Waals surface area contributed by atoms with Gasteiger partial charge in [-0.25, -0.2) is 0 Å². The van der Waals surface area contributed by atoms with Crippen molar-refractivity contribution < 1.29 is 4.92 Å². The van der Waals surface area contributed by atoms with Crippen molar-refractivity contribution in [3.05, 3.63) is 38.9 Å². The third-order valence-electron chi connectivity index (χ3n) is 4.35. The predicted molar refractivity (Wildman–Crippen MR) is 85.9 cm³/mol. The predicted octanol–water partition coefficient (Wildman–Crippen LogP) is 4.35. The summed E-state index contributed by atoms with van der Waals surface area (Å²) in [5, 5.41) is 15.3. The van der Waals surface area contributed by atoms with E-state index in [0.717, 1.165) is 31.4 Å². The summed E-state index contributed by atoms with van der Waals surface area (Å²) in [5.74, 6) is 0.449. The molecule has 4 nitrogen and oxygen atoms in total.